The van der Waals surface area contributed by atoms with E-state index in [1.54, 1.807) is 18.2 Å². The number of fused-ring (bicyclic) bond motifs is 1. The predicted octanol–water partition coefficient (Wildman–Crippen LogP) is -0.0511. The van der Waals surface area contributed by atoms with Crippen LogP contribution in [0, 0.1) is 0 Å². The van der Waals surface area contributed by atoms with Gasteiger partial charge in [0.05, 0.1) is 0 Å². The van der Waals surface area contributed by atoms with Gasteiger partial charge >= 0.3 is 5.97 Å². The van der Waals surface area contributed by atoms with Gasteiger partial charge in [-0.1, -0.05) is 18.2 Å². The van der Waals surface area contributed by atoms with E-state index >= 15 is 0 Å². The van der Waals surface area contributed by atoms with Gasteiger partial charge in [-0.3, -0.25) is 14.4 Å². The molecule has 0 aromatic heterocycles. The van der Waals surface area contributed by atoms with Crippen molar-refractivity contribution in [3.05, 3.63) is 34.9 Å². The molecule has 0 radical (unpaired) electrons. The van der Waals surface area contributed by atoms with Crippen molar-refractivity contribution < 1.29 is 19.5 Å². The average Bonchev–Trinajstić information content (AvgIpc) is 2.54. The van der Waals surface area contributed by atoms with Crippen LogP contribution in [0.5, 0.6) is 0 Å². The Hall–Kier alpha value is -2.01. The Morgan fingerprint density at radius 2 is 2.12 bits per heavy atom. The highest BCUT2D eigenvalue weighted by Gasteiger charge is 2.28. The Balaban J connectivity index is 2.24. The van der Waals surface area contributed by atoms with Gasteiger partial charge in [0, 0.05) is 12.0 Å². The third-order valence-corrected chi connectivity index (χ3v) is 2.79. The lowest BCUT2D eigenvalue weighted by Gasteiger charge is -2.07. The molecule has 0 fully saturated rings. The van der Waals surface area contributed by atoms with E-state index in [1.807, 2.05) is 0 Å². The third kappa shape index (κ3) is 2.09. The van der Waals surface area contributed by atoms with Crippen molar-refractivity contribution in [3.63, 3.8) is 0 Å². The molecule has 3 N–H and O–H groups in total. The summed E-state index contributed by atoms with van der Waals surface area (Å²) in [4.78, 5) is 33.2. The second-order valence-electron chi connectivity index (χ2n) is 4.07. The summed E-state index contributed by atoms with van der Waals surface area (Å²) in [5.74, 6) is -1.95. The molecule has 0 aliphatic heterocycles. The fourth-order valence-electron chi connectivity index (χ4n) is 1.89. The zero-order chi connectivity index (χ0) is 12.6. The summed E-state index contributed by atoms with van der Waals surface area (Å²) in [6.45, 7) is 0. The molecular formula is C12H11NO4. The summed E-state index contributed by atoms with van der Waals surface area (Å²) in [5, 5.41) is 8.69. The fourth-order valence-corrected chi connectivity index (χ4v) is 1.89. The smallest absolute Gasteiger partial charge is 0.320 e. The normalized spacial score (nSPS) is 15.8. The van der Waals surface area contributed by atoms with Crippen LogP contribution >= 0.6 is 0 Å². The van der Waals surface area contributed by atoms with Crippen LogP contribution in [0.15, 0.2) is 18.2 Å². The molecule has 1 aromatic carbocycles. The lowest BCUT2D eigenvalue weighted by atomic mass is 10.0. The number of hydrogen-bond donors (Lipinski definition) is 2. The lowest BCUT2D eigenvalue weighted by molar-refractivity contribution is -0.138. The van der Waals surface area contributed by atoms with Crippen molar-refractivity contribution in [2.24, 2.45) is 5.73 Å². The van der Waals surface area contributed by atoms with E-state index in [0.29, 0.717) is 11.1 Å². The van der Waals surface area contributed by atoms with Gasteiger partial charge in [-0.05, 0) is 17.5 Å². The van der Waals surface area contributed by atoms with E-state index in [0.717, 1.165) is 5.56 Å². The first-order chi connectivity index (χ1) is 7.99. The summed E-state index contributed by atoms with van der Waals surface area (Å²) in [6, 6.07) is 3.91. The minimum Gasteiger partial charge on any atom is -0.480 e. The van der Waals surface area contributed by atoms with Crippen LogP contribution in [0.2, 0.25) is 0 Å². The average molecular weight is 233 g/mol. The zero-order valence-corrected chi connectivity index (χ0v) is 8.97. The molecular weight excluding hydrogens is 222 g/mol. The lowest BCUT2D eigenvalue weighted by Crippen LogP contribution is -2.32. The number of carboxylic acids is 1. The molecule has 1 aliphatic carbocycles. The van der Waals surface area contributed by atoms with E-state index in [1.165, 1.54) is 0 Å². The Morgan fingerprint density at radius 3 is 2.76 bits per heavy atom. The number of carbonyl (C=O) groups is 3. The number of carboxylic acid groups (broad SMARTS) is 1. The Kier molecular flexibility index (Phi) is 2.77. The van der Waals surface area contributed by atoms with Crippen molar-refractivity contribution in [1.82, 2.24) is 0 Å². The summed E-state index contributed by atoms with van der Waals surface area (Å²) in [6.07, 6.45) is 0.287. The van der Waals surface area contributed by atoms with Crippen LogP contribution in [0.25, 0.3) is 0 Å². The van der Waals surface area contributed by atoms with E-state index < -0.39 is 23.6 Å². The number of aliphatic carboxylic acids is 1. The van der Waals surface area contributed by atoms with E-state index in [-0.39, 0.29) is 12.8 Å². The maximum absolute atomic E-state index is 11.4. The Bertz CT molecular complexity index is 521. The molecule has 1 aliphatic rings. The second kappa shape index (κ2) is 4.10. The van der Waals surface area contributed by atoms with E-state index in [9.17, 15) is 14.4 Å². The van der Waals surface area contributed by atoms with Crippen molar-refractivity contribution >= 4 is 17.5 Å². The summed E-state index contributed by atoms with van der Waals surface area (Å²) < 4.78 is 0. The van der Waals surface area contributed by atoms with Crippen molar-refractivity contribution in [3.8, 4) is 0 Å². The SMILES string of the molecule is N[C@@H](Cc1ccc2c(c1)CC(=O)C2=O)C(=O)O. The zero-order valence-electron chi connectivity index (χ0n) is 8.97. The number of hydrogen-bond acceptors (Lipinski definition) is 4. The first-order valence-corrected chi connectivity index (χ1v) is 5.16. The molecule has 0 saturated carbocycles. The van der Waals surface area contributed by atoms with Crippen molar-refractivity contribution in [1.29, 1.82) is 0 Å². The molecule has 1 aromatic rings. The number of nitrogens with two attached hydrogens (primary N) is 1. The molecule has 1 atom stereocenters. The molecule has 0 unspecified atom stereocenters. The minimum atomic E-state index is -1.07. The van der Waals surface area contributed by atoms with Gasteiger partial charge in [-0.15, -0.1) is 0 Å². The molecule has 0 amide bonds. The van der Waals surface area contributed by atoms with Gasteiger partial charge in [-0.25, -0.2) is 0 Å². The van der Waals surface area contributed by atoms with Crippen LogP contribution < -0.4 is 5.73 Å². The fraction of sp³-hybridized carbons (Fsp3) is 0.250. The third-order valence-electron chi connectivity index (χ3n) is 2.79. The number of benzene rings is 1. The van der Waals surface area contributed by atoms with Crippen LogP contribution in [0.4, 0.5) is 0 Å². The van der Waals surface area contributed by atoms with Gasteiger partial charge in [-0.2, -0.15) is 0 Å². The van der Waals surface area contributed by atoms with Gasteiger partial charge < -0.3 is 10.8 Å². The number of Topliss-reactive ketones (excluding diaryl/α,β-unsaturated/α-hetero) is 2. The molecule has 17 heavy (non-hydrogen) atoms. The van der Waals surface area contributed by atoms with Crippen molar-refractivity contribution in [2.75, 3.05) is 0 Å². The first kappa shape index (κ1) is 11.5. The molecule has 5 heteroatoms. The largest absolute Gasteiger partial charge is 0.480 e. The van der Waals surface area contributed by atoms with Gasteiger partial charge in [0.15, 0.2) is 0 Å². The highest BCUT2D eigenvalue weighted by molar-refractivity contribution is 6.47. The molecule has 88 valence electrons. The molecule has 0 saturated heterocycles. The van der Waals surface area contributed by atoms with Gasteiger partial charge in [0.25, 0.3) is 0 Å². The minimum absolute atomic E-state index is 0.102. The monoisotopic (exact) mass is 233 g/mol. The van der Waals surface area contributed by atoms with Gasteiger partial charge in [0.2, 0.25) is 11.6 Å². The summed E-state index contributed by atoms with van der Waals surface area (Å²) in [7, 11) is 0. The molecule has 5 nitrogen and oxygen atoms in total. The summed E-state index contributed by atoms with van der Waals surface area (Å²) >= 11 is 0. The highest BCUT2D eigenvalue weighted by Crippen LogP contribution is 2.21. The topological polar surface area (TPSA) is 97.5 Å². The molecule has 0 bridgehead atoms. The van der Waals surface area contributed by atoms with Gasteiger partial charge in [0.1, 0.15) is 6.04 Å². The standard InChI is InChI=1S/C12H11NO4/c13-9(12(16)17)4-6-1-2-8-7(3-6)5-10(14)11(8)15/h1-3,9H,4-5,13H2,(H,16,17)/t9-/m0/s1. The quantitative estimate of drug-likeness (QED) is 0.713. The number of rotatable bonds is 3. The van der Waals surface area contributed by atoms with E-state index in [4.69, 9.17) is 10.8 Å². The second-order valence-corrected chi connectivity index (χ2v) is 4.07. The van der Waals surface area contributed by atoms with Crippen LogP contribution in [-0.2, 0) is 22.4 Å². The summed E-state index contributed by atoms with van der Waals surface area (Å²) in [5.41, 5.74) is 7.22. The van der Waals surface area contributed by atoms with Crippen LogP contribution in [-0.4, -0.2) is 28.7 Å². The molecule has 2 rings (SSSR count). The van der Waals surface area contributed by atoms with Crippen LogP contribution in [0.1, 0.15) is 21.5 Å². The predicted molar refractivity (Wildman–Crippen MR) is 58.8 cm³/mol. The number of ketones is 2. The van der Waals surface area contributed by atoms with E-state index in [2.05, 4.69) is 0 Å². The molecule has 0 spiro atoms. The highest BCUT2D eigenvalue weighted by atomic mass is 16.4. The number of carbonyl (C=O) groups excluding carboxylic acids is 2. The first-order valence-electron chi connectivity index (χ1n) is 5.16. The van der Waals surface area contributed by atoms with Crippen LogP contribution in [0.3, 0.4) is 0 Å². The van der Waals surface area contributed by atoms with Crippen molar-refractivity contribution in [2.45, 2.75) is 18.9 Å². The maximum atomic E-state index is 11.4. The Morgan fingerprint density at radius 1 is 1.41 bits per heavy atom. The Labute approximate surface area is 97.2 Å². The maximum Gasteiger partial charge on any atom is 0.320 e. The molecule has 0 heterocycles.